The van der Waals surface area contributed by atoms with Crippen molar-refractivity contribution in [1.82, 2.24) is 9.97 Å². The van der Waals surface area contributed by atoms with Gasteiger partial charge in [0.2, 0.25) is 5.91 Å². The van der Waals surface area contributed by atoms with Crippen molar-refractivity contribution in [3.8, 4) is 0 Å². The number of thiazole rings is 1. The van der Waals surface area contributed by atoms with Crippen LogP contribution in [0.1, 0.15) is 20.2 Å². The Morgan fingerprint density at radius 2 is 2.24 bits per heavy atom. The molecule has 2 heterocycles. The molecule has 0 unspecified atom stereocenters. The third-order valence-electron chi connectivity index (χ3n) is 2.16. The highest BCUT2D eigenvalue weighted by atomic mass is 32.1. The van der Waals surface area contributed by atoms with Crippen molar-refractivity contribution in [1.29, 1.82) is 0 Å². The van der Waals surface area contributed by atoms with Gasteiger partial charge in [0.05, 0.1) is 17.1 Å². The Morgan fingerprint density at radius 3 is 2.76 bits per heavy atom. The molecule has 0 aliphatic heterocycles. The smallest absolute Gasteiger partial charge is 0.250 e. The minimum Gasteiger partial charge on any atom is -0.366 e. The number of nitrogens with two attached hydrogens (primary N) is 1. The molecule has 2 rings (SSSR count). The van der Waals surface area contributed by atoms with Crippen molar-refractivity contribution in [2.75, 3.05) is 5.32 Å². The average Bonchev–Trinajstić information content (AvgIpc) is 2.73. The van der Waals surface area contributed by atoms with Gasteiger partial charge in [0, 0.05) is 17.3 Å². The fourth-order valence-electron chi connectivity index (χ4n) is 1.31. The highest BCUT2D eigenvalue weighted by molar-refractivity contribution is 7.11. The van der Waals surface area contributed by atoms with Gasteiger partial charge in [-0.05, 0) is 19.1 Å². The van der Waals surface area contributed by atoms with Crippen molar-refractivity contribution < 1.29 is 4.79 Å². The molecule has 5 nitrogen and oxygen atoms in total. The Labute approximate surface area is 103 Å². The quantitative estimate of drug-likeness (QED) is 0.860. The Bertz CT molecular complexity index is 521. The van der Waals surface area contributed by atoms with Crippen LogP contribution in [0.15, 0.2) is 24.5 Å². The van der Waals surface area contributed by atoms with Gasteiger partial charge in [-0.15, -0.1) is 11.3 Å². The second kappa shape index (κ2) is 4.92. The molecule has 1 amide bonds. The number of pyridine rings is 1. The van der Waals surface area contributed by atoms with Crippen LogP contribution in [0.25, 0.3) is 0 Å². The Kier molecular flexibility index (Phi) is 3.34. The van der Waals surface area contributed by atoms with E-state index in [0.717, 1.165) is 9.88 Å². The first-order chi connectivity index (χ1) is 8.15. The summed E-state index contributed by atoms with van der Waals surface area (Å²) in [5.74, 6) is 0.239. The Balaban J connectivity index is 1.97. The van der Waals surface area contributed by atoms with Crippen LogP contribution in [-0.2, 0) is 6.54 Å². The van der Waals surface area contributed by atoms with E-state index in [1.54, 1.807) is 23.5 Å². The molecular formula is C11H12N4OS. The zero-order valence-electron chi connectivity index (χ0n) is 9.30. The monoisotopic (exact) mass is 248 g/mol. The SMILES string of the molecule is Cc1ncc(CNc2ccc(C(N)=O)cn2)s1. The van der Waals surface area contributed by atoms with Crippen LogP contribution in [0.5, 0.6) is 0 Å². The van der Waals surface area contributed by atoms with Crippen molar-refractivity contribution in [2.24, 2.45) is 5.73 Å². The summed E-state index contributed by atoms with van der Waals surface area (Å²) in [4.78, 5) is 20.2. The number of hydrogen-bond donors (Lipinski definition) is 2. The van der Waals surface area contributed by atoms with Crippen LogP contribution in [0.2, 0.25) is 0 Å². The summed E-state index contributed by atoms with van der Waals surface area (Å²) in [6.07, 6.45) is 3.30. The summed E-state index contributed by atoms with van der Waals surface area (Å²) in [5.41, 5.74) is 5.53. The average molecular weight is 248 g/mol. The molecule has 0 radical (unpaired) electrons. The molecule has 6 heteroatoms. The molecular weight excluding hydrogens is 236 g/mol. The summed E-state index contributed by atoms with van der Waals surface area (Å²) in [7, 11) is 0. The molecule has 0 aromatic carbocycles. The predicted octanol–water partition coefficient (Wildman–Crippen LogP) is 1.56. The molecule has 0 saturated heterocycles. The molecule has 2 aromatic rings. The van der Waals surface area contributed by atoms with Gasteiger partial charge in [0.15, 0.2) is 0 Å². The van der Waals surface area contributed by atoms with E-state index in [0.29, 0.717) is 17.9 Å². The third kappa shape index (κ3) is 3.01. The van der Waals surface area contributed by atoms with Crippen LogP contribution in [-0.4, -0.2) is 15.9 Å². The van der Waals surface area contributed by atoms with Gasteiger partial charge in [0.25, 0.3) is 0 Å². The minimum atomic E-state index is -0.470. The van der Waals surface area contributed by atoms with Crippen molar-refractivity contribution in [3.63, 3.8) is 0 Å². The topological polar surface area (TPSA) is 80.9 Å². The second-order valence-electron chi connectivity index (χ2n) is 3.50. The maximum atomic E-state index is 10.8. The van der Waals surface area contributed by atoms with Crippen LogP contribution in [0, 0.1) is 6.92 Å². The lowest BCUT2D eigenvalue weighted by atomic mass is 10.3. The summed E-state index contributed by atoms with van der Waals surface area (Å²) in [6, 6.07) is 3.38. The van der Waals surface area contributed by atoms with E-state index in [1.165, 1.54) is 6.20 Å². The number of nitrogens with one attached hydrogen (secondary N) is 1. The molecule has 0 aliphatic rings. The summed E-state index contributed by atoms with van der Waals surface area (Å²) < 4.78 is 0. The number of nitrogens with zero attached hydrogens (tertiary/aromatic N) is 2. The number of hydrogen-bond acceptors (Lipinski definition) is 5. The van der Waals surface area contributed by atoms with Gasteiger partial charge >= 0.3 is 0 Å². The minimum absolute atomic E-state index is 0.407. The van der Waals surface area contributed by atoms with Crippen LogP contribution < -0.4 is 11.1 Å². The molecule has 0 spiro atoms. The van der Waals surface area contributed by atoms with Gasteiger partial charge in [-0.3, -0.25) is 4.79 Å². The molecule has 0 saturated carbocycles. The third-order valence-corrected chi connectivity index (χ3v) is 3.07. The largest absolute Gasteiger partial charge is 0.366 e. The Hall–Kier alpha value is -1.95. The number of amides is 1. The first kappa shape index (κ1) is 11.5. The lowest BCUT2D eigenvalue weighted by molar-refractivity contribution is 0.1000. The first-order valence-electron chi connectivity index (χ1n) is 5.06. The summed E-state index contributed by atoms with van der Waals surface area (Å²) in [5, 5.41) is 4.19. The van der Waals surface area contributed by atoms with E-state index in [-0.39, 0.29) is 0 Å². The molecule has 3 N–H and O–H groups in total. The number of carbonyl (C=O) groups excluding carboxylic acids is 1. The van der Waals surface area contributed by atoms with E-state index in [9.17, 15) is 4.79 Å². The Morgan fingerprint density at radius 1 is 1.41 bits per heavy atom. The van der Waals surface area contributed by atoms with E-state index >= 15 is 0 Å². The lowest BCUT2D eigenvalue weighted by Crippen LogP contribution is -2.11. The summed E-state index contributed by atoms with van der Waals surface area (Å²) in [6.45, 7) is 2.64. The number of primary amides is 1. The molecule has 88 valence electrons. The fourth-order valence-corrected chi connectivity index (χ4v) is 2.04. The van der Waals surface area contributed by atoms with Crippen LogP contribution in [0.4, 0.5) is 5.82 Å². The number of anilines is 1. The van der Waals surface area contributed by atoms with E-state index in [4.69, 9.17) is 5.73 Å². The fraction of sp³-hybridized carbons (Fsp3) is 0.182. The summed E-state index contributed by atoms with van der Waals surface area (Å²) >= 11 is 1.64. The highest BCUT2D eigenvalue weighted by Gasteiger charge is 2.02. The van der Waals surface area contributed by atoms with Gasteiger partial charge in [-0.1, -0.05) is 0 Å². The van der Waals surface area contributed by atoms with Gasteiger partial charge < -0.3 is 11.1 Å². The van der Waals surface area contributed by atoms with Crippen molar-refractivity contribution >= 4 is 23.1 Å². The van der Waals surface area contributed by atoms with Crippen molar-refractivity contribution in [3.05, 3.63) is 40.0 Å². The zero-order chi connectivity index (χ0) is 12.3. The molecule has 0 atom stereocenters. The number of carbonyl (C=O) groups is 1. The molecule has 2 aromatic heterocycles. The van der Waals surface area contributed by atoms with E-state index in [1.807, 2.05) is 13.1 Å². The maximum Gasteiger partial charge on any atom is 0.250 e. The normalized spacial score (nSPS) is 10.2. The van der Waals surface area contributed by atoms with Gasteiger partial charge in [-0.25, -0.2) is 9.97 Å². The van der Waals surface area contributed by atoms with Gasteiger partial charge in [-0.2, -0.15) is 0 Å². The number of aryl methyl sites for hydroxylation is 1. The lowest BCUT2D eigenvalue weighted by Gasteiger charge is -2.03. The second-order valence-corrected chi connectivity index (χ2v) is 4.81. The zero-order valence-corrected chi connectivity index (χ0v) is 10.1. The van der Waals surface area contributed by atoms with Crippen LogP contribution >= 0.6 is 11.3 Å². The molecule has 17 heavy (non-hydrogen) atoms. The maximum absolute atomic E-state index is 10.8. The standard InChI is InChI=1S/C11H12N4OS/c1-7-13-5-9(17-7)6-15-10-3-2-8(4-14-10)11(12)16/h2-5H,6H2,1H3,(H2,12,16)(H,14,15). The molecule has 0 fully saturated rings. The number of aromatic nitrogens is 2. The van der Waals surface area contributed by atoms with Gasteiger partial charge in [0.1, 0.15) is 5.82 Å². The predicted molar refractivity (Wildman–Crippen MR) is 66.9 cm³/mol. The highest BCUT2D eigenvalue weighted by Crippen LogP contribution is 2.13. The van der Waals surface area contributed by atoms with Crippen LogP contribution in [0.3, 0.4) is 0 Å². The van der Waals surface area contributed by atoms with Crippen molar-refractivity contribution in [2.45, 2.75) is 13.5 Å². The van der Waals surface area contributed by atoms with E-state index < -0.39 is 5.91 Å². The molecule has 0 aliphatic carbocycles. The van der Waals surface area contributed by atoms with E-state index in [2.05, 4.69) is 15.3 Å². The number of rotatable bonds is 4. The first-order valence-corrected chi connectivity index (χ1v) is 5.88. The molecule has 0 bridgehead atoms.